The normalized spacial score (nSPS) is 22.1. The number of halogens is 2. The van der Waals surface area contributed by atoms with Gasteiger partial charge in [0, 0.05) is 25.2 Å². The molecule has 2 N–H and O–H groups in total. The number of nitrogens with zero attached hydrogens (tertiary/aromatic N) is 5. The number of piperazine rings is 1. The van der Waals surface area contributed by atoms with Crippen LogP contribution in [0.5, 0.6) is 5.75 Å². The van der Waals surface area contributed by atoms with Crippen LogP contribution in [0.1, 0.15) is 26.7 Å². The average molecular weight is 420 g/mol. The van der Waals surface area contributed by atoms with E-state index in [0.717, 1.165) is 26.7 Å². The molecule has 3 aromatic rings. The number of rotatable bonds is 5. The van der Waals surface area contributed by atoms with Gasteiger partial charge in [-0.3, -0.25) is 0 Å². The van der Waals surface area contributed by atoms with Crippen molar-refractivity contribution >= 4 is 17.1 Å². The molecule has 0 radical (unpaired) electrons. The summed E-state index contributed by atoms with van der Waals surface area (Å²) < 4.78 is 39.8. The second kappa shape index (κ2) is 6.61. The van der Waals surface area contributed by atoms with Crippen LogP contribution in [0.15, 0.2) is 28.9 Å². The maximum absolute atomic E-state index is 14.4. The van der Waals surface area contributed by atoms with Crippen molar-refractivity contribution in [1.29, 1.82) is 0 Å². The maximum atomic E-state index is 14.4. The molecule has 11 heteroatoms. The number of aromatic nitrogens is 4. The summed E-state index contributed by atoms with van der Waals surface area (Å²) in [4.78, 5) is 7.83. The van der Waals surface area contributed by atoms with Gasteiger partial charge in [-0.05, 0) is 38.8 Å². The van der Waals surface area contributed by atoms with Crippen LogP contribution in [0.25, 0.3) is 16.8 Å². The third-order valence-electron chi connectivity index (χ3n) is 5.55. The lowest BCUT2D eigenvalue weighted by Gasteiger charge is -2.31. The van der Waals surface area contributed by atoms with Gasteiger partial charge in [0.15, 0.2) is 22.5 Å². The quantitative estimate of drug-likeness (QED) is 0.647. The molecule has 2 atom stereocenters. The predicted octanol–water partition coefficient (Wildman–Crippen LogP) is 2.09. The van der Waals surface area contributed by atoms with E-state index in [0.29, 0.717) is 36.9 Å². The van der Waals surface area contributed by atoms with E-state index in [9.17, 15) is 13.9 Å². The Balaban J connectivity index is 1.60. The number of hydrogen-bond donors (Lipinski definition) is 2. The van der Waals surface area contributed by atoms with Crippen LogP contribution in [-0.4, -0.2) is 62.0 Å². The highest BCUT2D eigenvalue weighted by Crippen LogP contribution is 2.39. The van der Waals surface area contributed by atoms with E-state index >= 15 is 0 Å². The highest BCUT2D eigenvalue weighted by Gasteiger charge is 2.49. The molecule has 0 amide bonds. The zero-order valence-corrected chi connectivity index (χ0v) is 16.5. The highest BCUT2D eigenvalue weighted by molar-refractivity contribution is 5.88. The Morgan fingerprint density at radius 3 is 2.47 bits per heavy atom. The summed E-state index contributed by atoms with van der Waals surface area (Å²) in [5, 5.41) is 21.5. The molecule has 5 rings (SSSR count). The van der Waals surface area contributed by atoms with Gasteiger partial charge in [0.2, 0.25) is 0 Å². The molecule has 0 aliphatic carbocycles. The first-order chi connectivity index (χ1) is 14.2. The Morgan fingerprint density at radius 1 is 1.17 bits per heavy atom. The first-order valence-electron chi connectivity index (χ1n) is 9.82. The summed E-state index contributed by atoms with van der Waals surface area (Å²) in [6.07, 6.45) is 1.33. The number of hydrogen-bond acceptors (Lipinski definition) is 8. The molecule has 4 heterocycles. The molecule has 2 unspecified atom stereocenters. The molecule has 9 nitrogen and oxygen atoms in total. The van der Waals surface area contributed by atoms with Crippen LogP contribution in [0.2, 0.25) is 0 Å². The van der Waals surface area contributed by atoms with E-state index in [-0.39, 0.29) is 16.8 Å². The number of aliphatic hydroxyl groups is 1. The number of benzene rings is 1. The molecule has 160 valence electrons. The van der Waals surface area contributed by atoms with E-state index < -0.39 is 11.7 Å². The van der Waals surface area contributed by atoms with Crippen LogP contribution in [0.4, 0.5) is 14.8 Å². The summed E-state index contributed by atoms with van der Waals surface area (Å²) in [5.74, 6) is -0.193. The van der Waals surface area contributed by atoms with E-state index in [2.05, 4.69) is 20.5 Å². The van der Waals surface area contributed by atoms with Gasteiger partial charge in [-0.15, -0.1) is 4.80 Å². The molecule has 1 aromatic carbocycles. The smallest absolute Gasteiger partial charge is 0.426 e. The highest BCUT2D eigenvalue weighted by atomic mass is 19.3. The molecule has 2 aliphatic heterocycles. The minimum Gasteiger partial charge on any atom is -0.428 e. The first kappa shape index (κ1) is 19.2. The number of oxazole rings is 1. The number of alkyl halides is 2. The zero-order valence-electron chi connectivity index (χ0n) is 16.5. The summed E-state index contributed by atoms with van der Waals surface area (Å²) in [6.45, 7) is 3.40. The van der Waals surface area contributed by atoms with E-state index in [1.54, 1.807) is 0 Å². The summed E-state index contributed by atoms with van der Waals surface area (Å²) in [7, 11) is 0. The second-order valence-electron chi connectivity index (χ2n) is 8.30. The Morgan fingerprint density at radius 2 is 1.83 bits per heavy atom. The molecular formula is C19H22F2N6O3. The third kappa shape index (κ3) is 3.18. The Labute approximate surface area is 170 Å². The van der Waals surface area contributed by atoms with Gasteiger partial charge in [0.25, 0.3) is 6.01 Å². The van der Waals surface area contributed by atoms with Gasteiger partial charge in [-0.2, -0.15) is 24.0 Å². The molecule has 0 spiro atoms. The fraction of sp³-hybridized carbons (Fsp3) is 0.526. The SMILES string of the molecule is CC(C)(O)C(F)(F)Oc1ccc(-n2nccn2)c2oc(N3CC4CCC(C3)N4)nc12. The number of anilines is 1. The lowest BCUT2D eigenvalue weighted by atomic mass is 10.1. The largest absolute Gasteiger partial charge is 0.428 e. The van der Waals surface area contributed by atoms with Crippen LogP contribution in [-0.2, 0) is 0 Å². The van der Waals surface area contributed by atoms with Gasteiger partial charge in [-0.25, -0.2) is 0 Å². The Kier molecular flexibility index (Phi) is 4.23. The molecule has 2 aromatic heterocycles. The molecule has 2 aliphatic rings. The van der Waals surface area contributed by atoms with Crippen molar-refractivity contribution in [2.24, 2.45) is 0 Å². The van der Waals surface area contributed by atoms with Gasteiger partial charge < -0.3 is 24.5 Å². The molecule has 0 saturated carbocycles. The maximum Gasteiger partial charge on any atom is 0.426 e. The van der Waals surface area contributed by atoms with Crippen molar-refractivity contribution in [3.8, 4) is 11.4 Å². The van der Waals surface area contributed by atoms with Crippen molar-refractivity contribution < 1.29 is 23.0 Å². The van der Waals surface area contributed by atoms with Gasteiger partial charge in [0.1, 0.15) is 5.69 Å². The topological polar surface area (TPSA) is 101 Å². The fourth-order valence-corrected chi connectivity index (χ4v) is 3.89. The van der Waals surface area contributed by atoms with E-state index in [4.69, 9.17) is 9.15 Å². The minimum atomic E-state index is -3.83. The summed E-state index contributed by atoms with van der Waals surface area (Å²) in [6, 6.07) is 3.91. The standard InChI is InChI=1S/C19H22F2N6O3/c1-18(2,28)19(20,21)30-14-6-5-13(27-22-7-8-23-27)16-15(14)25-17(29-16)26-9-11-3-4-12(10-26)24-11/h5-8,11-12,24,28H,3-4,9-10H2,1-2H3. The Hall–Kier alpha value is -2.79. The molecule has 30 heavy (non-hydrogen) atoms. The van der Waals surface area contributed by atoms with E-state index in [1.807, 2.05) is 4.90 Å². The minimum absolute atomic E-state index is 0.120. The molecular weight excluding hydrogens is 398 g/mol. The predicted molar refractivity (Wildman–Crippen MR) is 103 cm³/mol. The van der Waals surface area contributed by atoms with Gasteiger partial charge >= 0.3 is 6.11 Å². The molecule has 2 bridgehead atoms. The summed E-state index contributed by atoms with van der Waals surface area (Å²) >= 11 is 0. The average Bonchev–Trinajstić information content (AvgIpc) is 3.41. The van der Waals surface area contributed by atoms with Crippen molar-refractivity contribution in [2.45, 2.75) is 50.5 Å². The number of ether oxygens (including phenoxy) is 1. The van der Waals surface area contributed by atoms with Crippen molar-refractivity contribution in [2.75, 3.05) is 18.0 Å². The lowest BCUT2D eigenvalue weighted by molar-refractivity contribution is -0.275. The first-order valence-corrected chi connectivity index (χ1v) is 9.82. The number of nitrogens with one attached hydrogen (secondary N) is 1. The number of fused-ring (bicyclic) bond motifs is 3. The van der Waals surface area contributed by atoms with Crippen LogP contribution < -0.4 is 15.0 Å². The van der Waals surface area contributed by atoms with Crippen molar-refractivity contribution in [1.82, 2.24) is 25.3 Å². The monoisotopic (exact) mass is 420 g/mol. The molecule has 2 fully saturated rings. The third-order valence-corrected chi connectivity index (χ3v) is 5.55. The van der Waals surface area contributed by atoms with E-state index in [1.165, 1.54) is 29.3 Å². The zero-order chi connectivity index (χ0) is 21.1. The molecule has 2 saturated heterocycles. The van der Waals surface area contributed by atoms with Gasteiger partial charge in [-0.1, -0.05) is 0 Å². The second-order valence-corrected chi connectivity index (χ2v) is 8.30. The van der Waals surface area contributed by atoms with Gasteiger partial charge in [0.05, 0.1) is 12.4 Å². The van der Waals surface area contributed by atoms with Crippen LogP contribution in [0, 0.1) is 0 Å². The summed E-state index contributed by atoms with van der Waals surface area (Å²) in [5.41, 5.74) is -1.58. The fourth-order valence-electron chi connectivity index (χ4n) is 3.89. The lowest BCUT2D eigenvalue weighted by Crippen LogP contribution is -2.51. The van der Waals surface area contributed by atoms with Crippen LogP contribution in [0.3, 0.4) is 0 Å². The van der Waals surface area contributed by atoms with Crippen molar-refractivity contribution in [3.05, 3.63) is 24.5 Å². The Bertz CT molecular complexity index is 1050. The van der Waals surface area contributed by atoms with Crippen LogP contribution >= 0.6 is 0 Å². The van der Waals surface area contributed by atoms with Crippen molar-refractivity contribution in [3.63, 3.8) is 0 Å².